The number of carboxylic acid groups (broad SMARTS) is 1. The maximum atomic E-state index is 13.0. The molecule has 0 spiro atoms. The van der Waals surface area contributed by atoms with Crippen LogP contribution in [0.3, 0.4) is 0 Å². The van der Waals surface area contributed by atoms with Crippen molar-refractivity contribution in [2.45, 2.75) is 42.9 Å². The maximum absolute atomic E-state index is 13.0. The summed E-state index contributed by atoms with van der Waals surface area (Å²) in [6.45, 7) is 1.30. The van der Waals surface area contributed by atoms with E-state index in [1.165, 1.54) is 0 Å². The Labute approximate surface area is 147 Å². The second-order valence-electron chi connectivity index (χ2n) is 5.86. The number of carboxylic acids is 1. The Balaban J connectivity index is 2.25. The van der Waals surface area contributed by atoms with Crippen molar-refractivity contribution < 1.29 is 36.3 Å². The minimum atomic E-state index is -4.89. The number of carbonyl (C=O) groups is 2. The Morgan fingerprint density at radius 1 is 1.31 bits per heavy atom. The van der Waals surface area contributed by atoms with Crippen LogP contribution in [-0.4, -0.2) is 48.9 Å². The first-order valence-electron chi connectivity index (χ1n) is 7.67. The van der Waals surface area contributed by atoms with E-state index in [4.69, 9.17) is 5.11 Å². The summed E-state index contributed by atoms with van der Waals surface area (Å²) in [5.74, 6) is -2.02. The van der Waals surface area contributed by atoms with Crippen molar-refractivity contribution in [3.63, 3.8) is 0 Å². The van der Waals surface area contributed by atoms with Crippen molar-refractivity contribution in [3.05, 3.63) is 29.8 Å². The molecular weight excluding hydrogens is 377 g/mol. The van der Waals surface area contributed by atoms with Gasteiger partial charge in [0, 0.05) is 6.54 Å². The minimum absolute atomic E-state index is 0.140. The predicted molar refractivity (Wildman–Crippen MR) is 83.6 cm³/mol. The highest BCUT2D eigenvalue weighted by molar-refractivity contribution is 7.89. The lowest BCUT2D eigenvalue weighted by atomic mass is 10.2. The molecule has 1 heterocycles. The standard InChI is InChI=1S/C15H17F3N2O5S/c1-9(13(21)20-8-4-6-11(20)14(22)23)19-26(24,25)12-7-3-2-5-10(12)15(16,17)18/h2-3,5,7,9,11,19H,4,6,8H2,1H3,(H,22,23). The average Bonchev–Trinajstić information content (AvgIpc) is 3.02. The molecule has 7 nitrogen and oxygen atoms in total. The molecule has 11 heteroatoms. The number of alkyl halides is 3. The molecule has 2 atom stereocenters. The number of hydrogen-bond acceptors (Lipinski definition) is 4. The lowest BCUT2D eigenvalue weighted by Crippen LogP contribution is -2.50. The SMILES string of the molecule is CC(NS(=O)(=O)c1ccccc1C(F)(F)F)C(=O)N1CCCC1C(=O)O. The summed E-state index contributed by atoms with van der Waals surface area (Å²) in [7, 11) is -4.65. The molecule has 26 heavy (non-hydrogen) atoms. The largest absolute Gasteiger partial charge is 0.480 e. The summed E-state index contributed by atoms with van der Waals surface area (Å²) in [5, 5.41) is 9.09. The molecule has 0 radical (unpaired) electrons. The number of sulfonamides is 1. The van der Waals surface area contributed by atoms with Crippen molar-refractivity contribution in [2.24, 2.45) is 0 Å². The molecule has 0 aliphatic carbocycles. The van der Waals surface area contributed by atoms with E-state index in [0.717, 1.165) is 30.0 Å². The highest BCUT2D eigenvalue weighted by Crippen LogP contribution is 2.34. The molecule has 2 N–H and O–H groups in total. The molecular formula is C15H17F3N2O5S. The Morgan fingerprint density at radius 2 is 1.92 bits per heavy atom. The van der Waals surface area contributed by atoms with Crippen molar-refractivity contribution in [2.75, 3.05) is 6.54 Å². The number of halogens is 3. The fourth-order valence-electron chi connectivity index (χ4n) is 2.82. The lowest BCUT2D eigenvalue weighted by molar-refractivity contribution is -0.148. The normalized spacial score (nSPS) is 19.4. The lowest BCUT2D eigenvalue weighted by Gasteiger charge is -2.25. The van der Waals surface area contributed by atoms with Gasteiger partial charge >= 0.3 is 12.1 Å². The average molecular weight is 394 g/mol. The number of nitrogens with one attached hydrogen (secondary N) is 1. The zero-order valence-corrected chi connectivity index (χ0v) is 14.5. The fraction of sp³-hybridized carbons (Fsp3) is 0.467. The minimum Gasteiger partial charge on any atom is -0.480 e. The highest BCUT2D eigenvalue weighted by atomic mass is 32.2. The van der Waals surface area contributed by atoms with Gasteiger partial charge in [-0.05, 0) is 31.9 Å². The number of amides is 1. The first kappa shape index (κ1) is 20.2. The van der Waals surface area contributed by atoms with Gasteiger partial charge in [-0.15, -0.1) is 0 Å². The van der Waals surface area contributed by atoms with E-state index in [2.05, 4.69) is 0 Å². The van der Waals surface area contributed by atoms with Gasteiger partial charge in [0.05, 0.1) is 16.5 Å². The van der Waals surface area contributed by atoms with Crippen LogP contribution in [0, 0.1) is 0 Å². The van der Waals surface area contributed by atoms with Crippen LogP contribution < -0.4 is 4.72 Å². The molecule has 144 valence electrons. The molecule has 0 aromatic heterocycles. The molecule has 1 aliphatic heterocycles. The highest BCUT2D eigenvalue weighted by Gasteiger charge is 2.40. The van der Waals surface area contributed by atoms with E-state index in [1.54, 1.807) is 0 Å². The molecule has 1 aliphatic rings. The van der Waals surface area contributed by atoms with E-state index in [1.807, 2.05) is 4.72 Å². The Kier molecular flexibility index (Phi) is 5.61. The van der Waals surface area contributed by atoms with Crippen LogP contribution in [0.15, 0.2) is 29.2 Å². The van der Waals surface area contributed by atoms with Gasteiger partial charge in [0.1, 0.15) is 6.04 Å². The molecule has 0 bridgehead atoms. The van der Waals surface area contributed by atoms with Gasteiger partial charge < -0.3 is 10.0 Å². The number of rotatable bonds is 5. The summed E-state index contributed by atoms with van der Waals surface area (Å²) >= 11 is 0. The molecule has 1 aromatic rings. The third-order valence-corrected chi connectivity index (χ3v) is 5.60. The van der Waals surface area contributed by atoms with Crippen LogP contribution in [0.2, 0.25) is 0 Å². The van der Waals surface area contributed by atoms with Crippen LogP contribution in [-0.2, 0) is 25.8 Å². The van der Waals surface area contributed by atoms with Crippen LogP contribution >= 0.6 is 0 Å². The van der Waals surface area contributed by atoms with E-state index >= 15 is 0 Å². The quantitative estimate of drug-likeness (QED) is 0.787. The van der Waals surface area contributed by atoms with E-state index < -0.39 is 50.6 Å². The third-order valence-electron chi connectivity index (χ3n) is 4.01. The molecule has 1 amide bonds. The summed E-state index contributed by atoms with van der Waals surface area (Å²) in [6, 6.07) is 1.12. The van der Waals surface area contributed by atoms with Gasteiger partial charge in [0.25, 0.3) is 0 Å². The molecule has 1 saturated heterocycles. The van der Waals surface area contributed by atoms with E-state index in [-0.39, 0.29) is 13.0 Å². The molecule has 2 rings (SSSR count). The first-order chi connectivity index (χ1) is 11.9. The summed E-state index contributed by atoms with van der Waals surface area (Å²) in [4.78, 5) is 23.5. The van der Waals surface area contributed by atoms with E-state index in [0.29, 0.717) is 12.5 Å². The number of likely N-dealkylation sites (tertiary alicyclic amines) is 1. The topological polar surface area (TPSA) is 104 Å². The molecule has 1 fully saturated rings. The zero-order valence-electron chi connectivity index (χ0n) is 13.7. The smallest absolute Gasteiger partial charge is 0.417 e. The van der Waals surface area contributed by atoms with Crippen LogP contribution in [0.5, 0.6) is 0 Å². The number of aliphatic carboxylic acids is 1. The predicted octanol–water partition coefficient (Wildman–Crippen LogP) is 1.45. The third kappa shape index (κ3) is 4.15. The van der Waals surface area contributed by atoms with Crippen molar-refractivity contribution >= 4 is 21.9 Å². The first-order valence-corrected chi connectivity index (χ1v) is 9.15. The van der Waals surface area contributed by atoms with Crippen LogP contribution in [0.4, 0.5) is 13.2 Å². The van der Waals surface area contributed by atoms with Gasteiger partial charge in [-0.1, -0.05) is 12.1 Å². The summed E-state index contributed by atoms with van der Waals surface area (Å²) in [6.07, 6.45) is -4.21. The summed E-state index contributed by atoms with van der Waals surface area (Å²) < 4.78 is 65.7. The van der Waals surface area contributed by atoms with Crippen molar-refractivity contribution in [1.82, 2.24) is 9.62 Å². The maximum Gasteiger partial charge on any atom is 0.417 e. The molecule has 2 unspecified atom stereocenters. The van der Waals surface area contributed by atoms with Crippen molar-refractivity contribution in [1.29, 1.82) is 0 Å². The second-order valence-corrected chi connectivity index (χ2v) is 7.55. The van der Waals surface area contributed by atoms with Crippen LogP contribution in [0.25, 0.3) is 0 Å². The van der Waals surface area contributed by atoms with Gasteiger partial charge in [-0.2, -0.15) is 17.9 Å². The molecule has 1 aromatic carbocycles. The Morgan fingerprint density at radius 3 is 2.50 bits per heavy atom. The Hall–Kier alpha value is -2.14. The number of nitrogens with zero attached hydrogens (tertiary/aromatic N) is 1. The van der Waals surface area contributed by atoms with Gasteiger partial charge in [0.15, 0.2) is 0 Å². The monoisotopic (exact) mass is 394 g/mol. The van der Waals surface area contributed by atoms with Gasteiger partial charge in [-0.3, -0.25) is 4.79 Å². The van der Waals surface area contributed by atoms with Crippen LogP contribution in [0.1, 0.15) is 25.3 Å². The van der Waals surface area contributed by atoms with Gasteiger partial charge in [-0.25, -0.2) is 13.2 Å². The Bertz CT molecular complexity index is 810. The van der Waals surface area contributed by atoms with Gasteiger partial charge in [0.2, 0.25) is 15.9 Å². The number of benzene rings is 1. The summed E-state index contributed by atoms with van der Waals surface area (Å²) in [5.41, 5.74) is -1.35. The fourth-order valence-corrected chi connectivity index (χ4v) is 4.24. The second kappa shape index (κ2) is 7.23. The number of hydrogen-bond donors (Lipinski definition) is 2. The zero-order chi connectivity index (χ0) is 19.7. The van der Waals surface area contributed by atoms with E-state index in [9.17, 15) is 31.2 Å². The molecule has 0 saturated carbocycles. The van der Waals surface area contributed by atoms with Crippen molar-refractivity contribution in [3.8, 4) is 0 Å². The number of carbonyl (C=O) groups excluding carboxylic acids is 1.